The fraction of sp³-hybridized carbons (Fsp3) is 0.455. The summed E-state index contributed by atoms with van der Waals surface area (Å²) in [5.74, 6) is 0.285. The Bertz CT molecular complexity index is 580. The van der Waals surface area contributed by atoms with Crippen LogP contribution in [0.4, 0.5) is 10.6 Å². The first-order valence-electron chi connectivity index (χ1n) is 5.76. The van der Waals surface area contributed by atoms with Crippen LogP contribution < -0.4 is 5.32 Å². The van der Waals surface area contributed by atoms with Gasteiger partial charge in [-0.05, 0) is 26.8 Å². The number of aryl methyl sites for hydroxylation is 1. The fourth-order valence-electron chi connectivity index (χ4n) is 1.44. The van der Waals surface area contributed by atoms with Crippen LogP contribution in [0.5, 0.6) is 0 Å². The molecule has 0 aliphatic heterocycles. The molecule has 0 bridgehead atoms. The molecule has 0 unspecified atom stereocenters. The average Bonchev–Trinajstić information content (AvgIpc) is 2.83. The van der Waals surface area contributed by atoms with Crippen molar-refractivity contribution < 1.29 is 9.53 Å². The van der Waals surface area contributed by atoms with Crippen molar-refractivity contribution in [1.29, 1.82) is 0 Å². The number of aromatic nitrogens is 5. The normalized spacial score (nSPS) is 11.4. The SMILES string of the molecule is Cn1ccc(-c2n[nH]nc2NC(=O)OC(C)(C)C)n1. The zero-order valence-corrected chi connectivity index (χ0v) is 11.3. The van der Waals surface area contributed by atoms with Gasteiger partial charge in [0.15, 0.2) is 11.5 Å². The number of anilines is 1. The summed E-state index contributed by atoms with van der Waals surface area (Å²) in [6, 6.07) is 1.78. The third-order valence-electron chi connectivity index (χ3n) is 2.12. The van der Waals surface area contributed by atoms with Crippen LogP contribution in [0.1, 0.15) is 20.8 Å². The Morgan fingerprint density at radius 1 is 1.42 bits per heavy atom. The molecule has 0 radical (unpaired) electrons. The van der Waals surface area contributed by atoms with E-state index in [1.807, 2.05) is 0 Å². The molecule has 0 aromatic carbocycles. The minimum atomic E-state index is -0.585. The number of hydrogen-bond acceptors (Lipinski definition) is 5. The topological polar surface area (TPSA) is 97.7 Å². The molecule has 19 heavy (non-hydrogen) atoms. The second kappa shape index (κ2) is 4.71. The number of amides is 1. The van der Waals surface area contributed by atoms with Crippen LogP contribution >= 0.6 is 0 Å². The monoisotopic (exact) mass is 264 g/mol. The molecule has 0 saturated carbocycles. The van der Waals surface area contributed by atoms with E-state index >= 15 is 0 Å². The highest BCUT2D eigenvalue weighted by Gasteiger charge is 2.20. The van der Waals surface area contributed by atoms with Crippen molar-refractivity contribution in [2.24, 2.45) is 7.05 Å². The maximum Gasteiger partial charge on any atom is 0.413 e. The van der Waals surface area contributed by atoms with Crippen molar-refractivity contribution in [3.63, 3.8) is 0 Å². The van der Waals surface area contributed by atoms with Gasteiger partial charge in [0.1, 0.15) is 11.3 Å². The van der Waals surface area contributed by atoms with Gasteiger partial charge in [0.25, 0.3) is 0 Å². The van der Waals surface area contributed by atoms with Crippen molar-refractivity contribution in [2.45, 2.75) is 26.4 Å². The number of aromatic amines is 1. The number of carbonyl (C=O) groups is 1. The van der Waals surface area contributed by atoms with Gasteiger partial charge in [-0.25, -0.2) is 4.79 Å². The first kappa shape index (κ1) is 13.1. The third kappa shape index (κ3) is 3.30. The van der Waals surface area contributed by atoms with Crippen LogP contribution in [0.15, 0.2) is 12.3 Å². The van der Waals surface area contributed by atoms with Gasteiger partial charge < -0.3 is 4.74 Å². The van der Waals surface area contributed by atoms with Crippen LogP contribution in [-0.2, 0) is 11.8 Å². The molecule has 0 saturated heterocycles. The summed E-state index contributed by atoms with van der Waals surface area (Å²) in [5.41, 5.74) is 0.507. The molecule has 0 aliphatic carbocycles. The average molecular weight is 264 g/mol. The first-order valence-corrected chi connectivity index (χ1v) is 5.76. The summed E-state index contributed by atoms with van der Waals surface area (Å²) in [4.78, 5) is 11.7. The lowest BCUT2D eigenvalue weighted by molar-refractivity contribution is 0.0635. The second-order valence-corrected chi connectivity index (χ2v) is 5.02. The molecule has 2 heterocycles. The van der Waals surface area contributed by atoms with Gasteiger partial charge in [-0.3, -0.25) is 10.00 Å². The van der Waals surface area contributed by atoms with E-state index in [9.17, 15) is 4.79 Å². The number of hydrogen-bond donors (Lipinski definition) is 2. The molecule has 0 atom stereocenters. The van der Waals surface area contributed by atoms with Gasteiger partial charge >= 0.3 is 6.09 Å². The van der Waals surface area contributed by atoms with E-state index in [0.29, 0.717) is 11.4 Å². The molecule has 2 aromatic rings. The van der Waals surface area contributed by atoms with Crippen LogP contribution in [0.25, 0.3) is 11.4 Å². The van der Waals surface area contributed by atoms with E-state index in [-0.39, 0.29) is 5.82 Å². The molecule has 0 fully saturated rings. The maximum atomic E-state index is 11.7. The Labute approximate surface area is 110 Å². The molecular weight excluding hydrogens is 248 g/mol. The lowest BCUT2D eigenvalue weighted by atomic mass is 10.2. The van der Waals surface area contributed by atoms with Crippen LogP contribution in [0.3, 0.4) is 0 Å². The molecule has 0 spiro atoms. The van der Waals surface area contributed by atoms with E-state index in [1.165, 1.54) is 0 Å². The number of H-pyrrole nitrogens is 1. The van der Waals surface area contributed by atoms with Gasteiger partial charge in [-0.1, -0.05) is 0 Å². The van der Waals surface area contributed by atoms with Crippen LogP contribution in [-0.4, -0.2) is 36.9 Å². The van der Waals surface area contributed by atoms with E-state index < -0.39 is 11.7 Å². The largest absolute Gasteiger partial charge is 0.444 e. The maximum absolute atomic E-state index is 11.7. The quantitative estimate of drug-likeness (QED) is 0.857. The standard InChI is InChI=1S/C11H16N6O2/c1-11(2,3)19-10(18)12-9-8(13-16-14-9)7-5-6-17(4)15-7/h5-6H,1-4H3,(H2,12,13,14,16,18). The molecular formula is C11H16N6O2. The number of ether oxygens (including phenoxy) is 1. The van der Waals surface area contributed by atoms with Crippen LogP contribution in [0.2, 0.25) is 0 Å². The molecule has 8 heteroatoms. The Morgan fingerprint density at radius 3 is 2.74 bits per heavy atom. The molecule has 2 aromatic heterocycles. The number of nitrogens with one attached hydrogen (secondary N) is 2. The Kier molecular flexibility index (Phi) is 3.24. The smallest absolute Gasteiger partial charge is 0.413 e. The highest BCUT2D eigenvalue weighted by atomic mass is 16.6. The number of rotatable bonds is 2. The minimum Gasteiger partial charge on any atom is -0.444 e. The summed E-state index contributed by atoms with van der Waals surface area (Å²) in [6.07, 6.45) is 1.19. The first-order chi connectivity index (χ1) is 8.85. The highest BCUT2D eigenvalue weighted by molar-refractivity contribution is 5.87. The van der Waals surface area contributed by atoms with Crippen molar-refractivity contribution in [3.8, 4) is 11.4 Å². The minimum absolute atomic E-state index is 0.285. The molecule has 0 aliphatic rings. The summed E-state index contributed by atoms with van der Waals surface area (Å²) < 4.78 is 6.79. The molecule has 2 N–H and O–H groups in total. The third-order valence-corrected chi connectivity index (χ3v) is 2.12. The summed E-state index contributed by atoms with van der Waals surface area (Å²) in [6.45, 7) is 5.36. The van der Waals surface area contributed by atoms with E-state index in [2.05, 4.69) is 25.8 Å². The Hall–Kier alpha value is -2.38. The van der Waals surface area contributed by atoms with Gasteiger partial charge in [-0.2, -0.15) is 15.4 Å². The van der Waals surface area contributed by atoms with E-state index in [0.717, 1.165) is 0 Å². The summed E-state index contributed by atoms with van der Waals surface area (Å²) >= 11 is 0. The summed E-state index contributed by atoms with van der Waals surface area (Å²) in [7, 11) is 1.80. The van der Waals surface area contributed by atoms with Crippen molar-refractivity contribution in [3.05, 3.63) is 12.3 Å². The molecule has 8 nitrogen and oxygen atoms in total. The van der Waals surface area contributed by atoms with E-state index in [1.54, 1.807) is 44.8 Å². The molecule has 102 valence electrons. The van der Waals surface area contributed by atoms with Crippen molar-refractivity contribution in [2.75, 3.05) is 5.32 Å². The number of nitrogens with zero attached hydrogens (tertiary/aromatic N) is 4. The number of carbonyl (C=O) groups excluding carboxylic acids is 1. The van der Waals surface area contributed by atoms with Gasteiger partial charge in [0, 0.05) is 13.2 Å². The zero-order chi connectivity index (χ0) is 14.0. The summed E-state index contributed by atoms with van der Waals surface area (Å²) in [5, 5.41) is 17.0. The fourth-order valence-corrected chi connectivity index (χ4v) is 1.44. The van der Waals surface area contributed by atoms with E-state index in [4.69, 9.17) is 4.74 Å². The predicted molar refractivity (Wildman–Crippen MR) is 68.4 cm³/mol. The Morgan fingerprint density at radius 2 is 2.16 bits per heavy atom. The highest BCUT2D eigenvalue weighted by Crippen LogP contribution is 2.21. The molecule has 2 rings (SSSR count). The van der Waals surface area contributed by atoms with Gasteiger partial charge in [0.05, 0.1) is 0 Å². The van der Waals surface area contributed by atoms with Crippen molar-refractivity contribution in [1.82, 2.24) is 25.2 Å². The van der Waals surface area contributed by atoms with Crippen LogP contribution in [0, 0.1) is 0 Å². The lowest BCUT2D eigenvalue weighted by Gasteiger charge is -2.19. The Balaban J connectivity index is 2.15. The van der Waals surface area contributed by atoms with Gasteiger partial charge in [-0.15, -0.1) is 5.10 Å². The lowest BCUT2D eigenvalue weighted by Crippen LogP contribution is -2.27. The second-order valence-electron chi connectivity index (χ2n) is 5.02. The predicted octanol–water partition coefficient (Wildman–Crippen LogP) is 1.55. The van der Waals surface area contributed by atoms with Gasteiger partial charge in [0.2, 0.25) is 0 Å². The van der Waals surface area contributed by atoms with Crippen molar-refractivity contribution >= 4 is 11.9 Å². The molecule has 1 amide bonds. The zero-order valence-electron chi connectivity index (χ0n) is 11.3.